The van der Waals surface area contributed by atoms with Crippen LogP contribution in [0.3, 0.4) is 0 Å². The molecule has 2 aromatic heterocycles. The smallest absolute Gasteiger partial charge is 0.228 e. The van der Waals surface area contributed by atoms with Gasteiger partial charge in [0.2, 0.25) is 5.91 Å². The lowest BCUT2D eigenvalue weighted by Gasteiger charge is -2.26. The first-order valence-electron chi connectivity index (χ1n) is 6.63. The predicted octanol–water partition coefficient (Wildman–Crippen LogP) is 2.54. The molecule has 0 N–H and O–H groups in total. The van der Waals surface area contributed by atoms with E-state index in [2.05, 4.69) is 4.98 Å². The number of halogens is 1. The van der Waals surface area contributed by atoms with Gasteiger partial charge < -0.3 is 9.30 Å². The average molecular weight is 278 g/mol. The summed E-state index contributed by atoms with van der Waals surface area (Å²) in [6.45, 7) is 1.77. The fraction of sp³-hybridized carbons (Fsp3) is 0.429. The van der Waals surface area contributed by atoms with Gasteiger partial charge in [-0.25, -0.2) is 4.98 Å². The van der Waals surface area contributed by atoms with Crippen LogP contribution in [-0.2, 0) is 11.2 Å². The number of hydrogen-bond donors (Lipinski definition) is 0. The Labute approximate surface area is 117 Å². The largest absolute Gasteiger partial charge is 0.342 e. The van der Waals surface area contributed by atoms with Crippen molar-refractivity contribution in [2.45, 2.75) is 25.7 Å². The summed E-state index contributed by atoms with van der Waals surface area (Å²) in [7, 11) is 0. The summed E-state index contributed by atoms with van der Waals surface area (Å²) in [5.41, 5.74) is 1.63. The molecule has 0 atom stereocenters. The molecule has 0 unspecified atom stereocenters. The maximum atomic E-state index is 12.2. The Morgan fingerprint density at radius 2 is 2.00 bits per heavy atom. The number of pyridine rings is 1. The number of imidazole rings is 1. The van der Waals surface area contributed by atoms with Crippen LogP contribution in [0.5, 0.6) is 0 Å². The maximum Gasteiger partial charge on any atom is 0.228 e. The van der Waals surface area contributed by atoms with Crippen LogP contribution >= 0.6 is 11.6 Å². The van der Waals surface area contributed by atoms with Gasteiger partial charge in [-0.2, -0.15) is 0 Å². The fourth-order valence-corrected chi connectivity index (χ4v) is 2.68. The van der Waals surface area contributed by atoms with Crippen LogP contribution in [0.1, 0.15) is 25.0 Å². The molecule has 5 heteroatoms. The Morgan fingerprint density at radius 1 is 1.21 bits per heavy atom. The number of fused-ring (bicyclic) bond motifs is 1. The number of amides is 1. The van der Waals surface area contributed by atoms with E-state index in [0.717, 1.165) is 37.3 Å². The van der Waals surface area contributed by atoms with Crippen molar-refractivity contribution in [2.75, 3.05) is 13.1 Å². The van der Waals surface area contributed by atoms with Gasteiger partial charge in [-0.3, -0.25) is 4.79 Å². The molecule has 4 nitrogen and oxygen atoms in total. The normalized spacial score (nSPS) is 15.9. The highest BCUT2D eigenvalue weighted by Crippen LogP contribution is 2.14. The summed E-state index contributed by atoms with van der Waals surface area (Å²) in [4.78, 5) is 18.6. The van der Waals surface area contributed by atoms with Crippen molar-refractivity contribution in [1.82, 2.24) is 14.3 Å². The molecular weight excluding hydrogens is 262 g/mol. The van der Waals surface area contributed by atoms with Crippen LogP contribution in [0.4, 0.5) is 0 Å². The van der Waals surface area contributed by atoms with Crippen LogP contribution in [0.25, 0.3) is 5.65 Å². The lowest BCUT2D eigenvalue weighted by atomic mass is 10.1. The van der Waals surface area contributed by atoms with Crippen LogP contribution in [0.2, 0.25) is 5.02 Å². The van der Waals surface area contributed by atoms with E-state index in [1.165, 1.54) is 6.42 Å². The van der Waals surface area contributed by atoms with E-state index < -0.39 is 0 Å². The van der Waals surface area contributed by atoms with Crippen LogP contribution in [0.15, 0.2) is 24.5 Å². The maximum absolute atomic E-state index is 12.2. The van der Waals surface area contributed by atoms with Gasteiger partial charge in [0.25, 0.3) is 0 Å². The second kappa shape index (κ2) is 5.21. The molecule has 0 aromatic carbocycles. The molecule has 19 heavy (non-hydrogen) atoms. The molecule has 3 heterocycles. The van der Waals surface area contributed by atoms with Crippen molar-refractivity contribution < 1.29 is 4.79 Å². The molecule has 3 rings (SSSR count). The number of rotatable bonds is 2. The summed E-state index contributed by atoms with van der Waals surface area (Å²) in [5.74, 6) is 0.175. The number of hydrogen-bond acceptors (Lipinski definition) is 2. The van der Waals surface area contributed by atoms with Gasteiger partial charge in [0.1, 0.15) is 5.65 Å². The summed E-state index contributed by atoms with van der Waals surface area (Å²) in [6, 6.07) is 3.66. The molecule has 0 bridgehead atoms. The third kappa shape index (κ3) is 2.73. The quantitative estimate of drug-likeness (QED) is 0.846. The van der Waals surface area contributed by atoms with Gasteiger partial charge in [-0.15, -0.1) is 0 Å². The Kier molecular flexibility index (Phi) is 3.42. The zero-order valence-electron chi connectivity index (χ0n) is 10.7. The molecule has 0 radical (unpaired) electrons. The lowest BCUT2D eigenvalue weighted by Crippen LogP contribution is -2.36. The Morgan fingerprint density at radius 3 is 2.79 bits per heavy atom. The van der Waals surface area contributed by atoms with Crippen molar-refractivity contribution in [2.24, 2.45) is 0 Å². The summed E-state index contributed by atoms with van der Waals surface area (Å²) in [5, 5.41) is 0.666. The van der Waals surface area contributed by atoms with Crippen LogP contribution < -0.4 is 0 Å². The molecule has 1 amide bonds. The van der Waals surface area contributed by atoms with Gasteiger partial charge in [0.05, 0.1) is 17.1 Å². The van der Waals surface area contributed by atoms with E-state index in [0.29, 0.717) is 11.4 Å². The monoisotopic (exact) mass is 277 g/mol. The van der Waals surface area contributed by atoms with E-state index in [4.69, 9.17) is 11.6 Å². The first kappa shape index (κ1) is 12.5. The second-order valence-electron chi connectivity index (χ2n) is 4.96. The number of carbonyl (C=O) groups excluding carboxylic acids is 1. The lowest BCUT2D eigenvalue weighted by molar-refractivity contribution is -0.131. The molecule has 0 aliphatic carbocycles. The summed E-state index contributed by atoms with van der Waals surface area (Å²) >= 11 is 5.93. The van der Waals surface area contributed by atoms with E-state index >= 15 is 0 Å². The highest BCUT2D eigenvalue weighted by molar-refractivity contribution is 6.30. The third-order valence-electron chi connectivity index (χ3n) is 3.51. The predicted molar refractivity (Wildman–Crippen MR) is 74.3 cm³/mol. The number of piperidine rings is 1. The van der Waals surface area contributed by atoms with Gasteiger partial charge in [-0.05, 0) is 31.4 Å². The first-order valence-corrected chi connectivity index (χ1v) is 7.01. The topological polar surface area (TPSA) is 37.6 Å². The fourth-order valence-electron chi connectivity index (χ4n) is 2.51. The SMILES string of the molecule is O=C(Cc1cn2cc(Cl)ccc2n1)N1CCCCC1. The molecule has 0 spiro atoms. The van der Waals surface area contributed by atoms with Gasteiger partial charge in [0.15, 0.2) is 0 Å². The number of nitrogens with zero attached hydrogens (tertiary/aromatic N) is 3. The van der Waals surface area contributed by atoms with E-state index in [-0.39, 0.29) is 5.91 Å². The van der Waals surface area contributed by atoms with Crippen molar-refractivity contribution in [3.8, 4) is 0 Å². The van der Waals surface area contributed by atoms with Crippen molar-refractivity contribution in [1.29, 1.82) is 0 Å². The number of carbonyl (C=O) groups is 1. The molecule has 0 saturated carbocycles. The minimum Gasteiger partial charge on any atom is -0.342 e. The Bertz CT molecular complexity index is 602. The first-order chi connectivity index (χ1) is 9.22. The van der Waals surface area contributed by atoms with Gasteiger partial charge in [0, 0.05) is 25.5 Å². The molecule has 1 aliphatic rings. The summed E-state index contributed by atoms with van der Waals surface area (Å²) in [6.07, 6.45) is 7.52. The molecule has 1 aliphatic heterocycles. The average Bonchev–Trinajstić information content (AvgIpc) is 2.81. The van der Waals surface area contributed by atoms with E-state index in [1.54, 1.807) is 12.3 Å². The molecule has 100 valence electrons. The van der Waals surface area contributed by atoms with E-state index in [1.807, 2.05) is 21.6 Å². The third-order valence-corrected chi connectivity index (χ3v) is 3.73. The van der Waals surface area contributed by atoms with E-state index in [9.17, 15) is 4.79 Å². The second-order valence-corrected chi connectivity index (χ2v) is 5.40. The van der Waals surface area contributed by atoms with Gasteiger partial charge in [-0.1, -0.05) is 11.6 Å². The molecule has 1 fully saturated rings. The van der Waals surface area contributed by atoms with Crippen LogP contribution in [0, 0.1) is 0 Å². The highest BCUT2D eigenvalue weighted by Gasteiger charge is 2.17. The minimum atomic E-state index is 0.175. The van der Waals surface area contributed by atoms with Crippen molar-refractivity contribution in [3.63, 3.8) is 0 Å². The minimum absolute atomic E-state index is 0.175. The van der Waals surface area contributed by atoms with Crippen molar-refractivity contribution >= 4 is 23.2 Å². The number of likely N-dealkylation sites (tertiary alicyclic amines) is 1. The van der Waals surface area contributed by atoms with Crippen LogP contribution in [-0.4, -0.2) is 33.3 Å². The molecule has 2 aromatic rings. The standard InChI is InChI=1S/C14H16ClN3O/c15-11-4-5-13-16-12(10-18(13)9-11)8-14(19)17-6-2-1-3-7-17/h4-5,9-10H,1-3,6-8H2. The Hall–Kier alpha value is -1.55. The van der Waals surface area contributed by atoms with Crippen molar-refractivity contribution in [3.05, 3.63) is 35.2 Å². The Balaban J connectivity index is 1.75. The zero-order valence-corrected chi connectivity index (χ0v) is 11.4. The summed E-state index contributed by atoms with van der Waals surface area (Å²) < 4.78 is 1.86. The van der Waals surface area contributed by atoms with Gasteiger partial charge >= 0.3 is 0 Å². The molecular formula is C14H16ClN3O. The highest BCUT2D eigenvalue weighted by atomic mass is 35.5. The molecule has 1 saturated heterocycles. The zero-order chi connectivity index (χ0) is 13.2. The number of aromatic nitrogens is 2.